The Labute approximate surface area is 154 Å². The lowest BCUT2D eigenvalue weighted by molar-refractivity contribution is -0.118. The van der Waals surface area contributed by atoms with Crippen molar-refractivity contribution in [2.45, 2.75) is 26.4 Å². The van der Waals surface area contributed by atoms with Crippen LogP contribution in [0.4, 0.5) is 5.69 Å². The second kappa shape index (κ2) is 8.41. The number of nitrogens with zero attached hydrogens (tertiary/aromatic N) is 1. The molecule has 4 heteroatoms. The maximum absolute atomic E-state index is 13.0. The van der Waals surface area contributed by atoms with Crippen molar-refractivity contribution in [1.29, 1.82) is 0 Å². The standard InChI is InChI=1S/C22H23N3O/c1-16-12-17(2)14-20(13-16)25-22(26)21(18-8-4-3-5-9-18)24-15-19-10-6-7-11-23-19/h3-14,21,24H,15H2,1-2H3,(H,25,26). The van der Waals surface area contributed by atoms with E-state index in [0.29, 0.717) is 6.54 Å². The lowest BCUT2D eigenvalue weighted by atomic mass is 10.1. The van der Waals surface area contributed by atoms with Crippen molar-refractivity contribution in [3.8, 4) is 0 Å². The summed E-state index contributed by atoms with van der Waals surface area (Å²) in [5.74, 6) is -0.0860. The van der Waals surface area contributed by atoms with Gasteiger partial charge in [0.1, 0.15) is 6.04 Å². The molecule has 132 valence electrons. The van der Waals surface area contributed by atoms with Gasteiger partial charge in [0.05, 0.1) is 5.69 Å². The van der Waals surface area contributed by atoms with Crippen LogP contribution in [0.5, 0.6) is 0 Å². The first-order valence-corrected chi connectivity index (χ1v) is 8.69. The van der Waals surface area contributed by atoms with Crippen molar-refractivity contribution >= 4 is 11.6 Å². The molecule has 26 heavy (non-hydrogen) atoms. The Morgan fingerprint density at radius 2 is 1.65 bits per heavy atom. The maximum atomic E-state index is 13.0. The highest BCUT2D eigenvalue weighted by molar-refractivity contribution is 5.95. The van der Waals surface area contributed by atoms with Gasteiger partial charge in [-0.1, -0.05) is 42.5 Å². The van der Waals surface area contributed by atoms with Crippen LogP contribution >= 0.6 is 0 Å². The van der Waals surface area contributed by atoms with E-state index in [9.17, 15) is 4.79 Å². The number of carbonyl (C=O) groups is 1. The van der Waals surface area contributed by atoms with Gasteiger partial charge in [-0.05, 0) is 54.8 Å². The third kappa shape index (κ3) is 4.77. The first kappa shape index (κ1) is 17.8. The SMILES string of the molecule is Cc1cc(C)cc(NC(=O)C(NCc2ccccn2)c2ccccc2)c1. The van der Waals surface area contributed by atoms with Crippen LogP contribution < -0.4 is 10.6 Å². The van der Waals surface area contributed by atoms with Crippen LogP contribution in [-0.2, 0) is 11.3 Å². The first-order valence-electron chi connectivity index (χ1n) is 8.69. The lowest BCUT2D eigenvalue weighted by Crippen LogP contribution is -2.33. The Morgan fingerprint density at radius 1 is 0.962 bits per heavy atom. The fourth-order valence-corrected chi connectivity index (χ4v) is 2.98. The topological polar surface area (TPSA) is 54.0 Å². The summed E-state index contributed by atoms with van der Waals surface area (Å²) in [7, 11) is 0. The number of aromatic nitrogens is 1. The number of aryl methyl sites for hydroxylation is 2. The predicted octanol–water partition coefficient (Wildman–Crippen LogP) is 4.17. The zero-order chi connectivity index (χ0) is 18.4. The van der Waals surface area contributed by atoms with Crippen molar-refractivity contribution in [3.63, 3.8) is 0 Å². The van der Waals surface area contributed by atoms with Crippen molar-refractivity contribution in [2.24, 2.45) is 0 Å². The Balaban J connectivity index is 1.79. The van der Waals surface area contributed by atoms with Crippen LogP contribution in [-0.4, -0.2) is 10.9 Å². The van der Waals surface area contributed by atoms with E-state index in [1.54, 1.807) is 6.20 Å². The molecular weight excluding hydrogens is 322 g/mol. The van der Waals surface area contributed by atoms with Crippen LogP contribution in [0.15, 0.2) is 72.9 Å². The van der Waals surface area contributed by atoms with Gasteiger partial charge >= 0.3 is 0 Å². The quantitative estimate of drug-likeness (QED) is 0.705. The van der Waals surface area contributed by atoms with E-state index in [1.807, 2.05) is 74.5 Å². The number of hydrogen-bond donors (Lipinski definition) is 2. The van der Waals surface area contributed by atoms with E-state index in [0.717, 1.165) is 28.1 Å². The number of pyridine rings is 1. The van der Waals surface area contributed by atoms with Gasteiger partial charge in [0.2, 0.25) is 5.91 Å². The molecule has 0 aliphatic carbocycles. The molecule has 3 aromatic rings. The summed E-state index contributed by atoms with van der Waals surface area (Å²) in [6.07, 6.45) is 1.75. The molecule has 0 radical (unpaired) electrons. The summed E-state index contributed by atoms with van der Waals surface area (Å²) in [5, 5.41) is 6.36. The average molecular weight is 345 g/mol. The molecule has 2 N–H and O–H groups in total. The summed E-state index contributed by atoms with van der Waals surface area (Å²) >= 11 is 0. The van der Waals surface area contributed by atoms with Gasteiger partial charge in [0.15, 0.2) is 0 Å². The molecule has 4 nitrogen and oxygen atoms in total. The van der Waals surface area contributed by atoms with Crippen molar-refractivity contribution in [1.82, 2.24) is 10.3 Å². The van der Waals surface area contributed by atoms with Crippen LogP contribution in [0.25, 0.3) is 0 Å². The van der Waals surface area contributed by atoms with Crippen LogP contribution in [0.2, 0.25) is 0 Å². The summed E-state index contributed by atoms with van der Waals surface area (Å²) < 4.78 is 0. The molecule has 1 atom stereocenters. The van der Waals surface area contributed by atoms with Crippen molar-refractivity contribution < 1.29 is 4.79 Å². The molecule has 2 aromatic carbocycles. The number of nitrogens with one attached hydrogen (secondary N) is 2. The normalized spacial score (nSPS) is 11.8. The van der Waals surface area contributed by atoms with E-state index in [4.69, 9.17) is 0 Å². The number of rotatable bonds is 6. The molecule has 1 amide bonds. The lowest BCUT2D eigenvalue weighted by Gasteiger charge is -2.19. The molecule has 0 aliphatic heterocycles. The Bertz CT molecular complexity index is 843. The van der Waals surface area contributed by atoms with Gasteiger partial charge in [0.25, 0.3) is 0 Å². The molecule has 3 rings (SSSR count). The van der Waals surface area contributed by atoms with Crippen LogP contribution in [0.1, 0.15) is 28.4 Å². The third-order valence-corrected chi connectivity index (χ3v) is 4.10. The minimum Gasteiger partial charge on any atom is -0.324 e. The van der Waals surface area contributed by atoms with Gasteiger partial charge in [-0.25, -0.2) is 0 Å². The van der Waals surface area contributed by atoms with E-state index in [-0.39, 0.29) is 5.91 Å². The molecule has 0 aliphatic rings. The summed E-state index contributed by atoms with van der Waals surface area (Å²) in [5.41, 5.74) is 4.88. The third-order valence-electron chi connectivity index (χ3n) is 4.10. The largest absolute Gasteiger partial charge is 0.324 e. The average Bonchev–Trinajstić information content (AvgIpc) is 2.63. The molecule has 0 bridgehead atoms. The summed E-state index contributed by atoms with van der Waals surface area (Å²) in [4.78, 5) is 17.3. The predicted molar refractivity (Wildman–Crippen MR) is 105 cm³/mol. The highest BCUT2D eigenvalue weighted by atomic mass is 16.2. The van der Waals surface area contributed by atoms with Gasteiger partial charge in [-0.3, -0.25) is 15.1 Å². The van der Waals surface area contributed by atoms with E-state index < -0.39 is 6.04 Å². The Hall–Kier alpha value is -2.98. The van der Waals surface area contributed by atoms with E-state index >= 15 is 0 Å². The zero-order valence-electron chi connectivity index (χ0n) is 15.1. The van der Waals surface area contributed by atoms with Crippen LogP contribution in [0.3, 0.4) is 0 Å². The Morgan fingerprint density at radius 3 is 2.31 bits per heavy atom. The number of benzene rings is 2. The number of amides is 1. The molecule has 0 saturated carbocycles. The molecule has 1 heterocycles. The van der Waals surface area contributed by atoms with E-state index in [1.165, 1.54) is 0 Å². The fourth-order valence-electron chi connectivity index (χ4n) is 2.98. The second-order valence-corrected chi connectivity index (χ2v) is 6.41. The minimum atomic E-state index is -0.459. The number of anilines is 1. The van der Waals surface area contributed by atoms with Gasteiger partial charge < -0.3 is 5.32 Å². The maximum Gasteiger partial charge on any atom is 0.246 e. The zero-order valence-corrected chi connectivity index (χ0v) is 15.1. The number of hydrogen-bond acceptors (Lipinski definition) is 3. The van der Waals surface area contributed by atoms with Crippen molar-refractivity contribution in [2.75, 3.05) is 5.32 Å². The van der Waals surface area contributed by atoms with Gasteiger partial charge in [0, 0.05) is 18.4 Å². The van der Waals surface area contributed by atoms with E-state index in [2.05, 4.69) is 21.7 Å². The second-order valence-electron chi connectivity index (χ2n) is 6.41. The smallest absolute Gasteiger partial charge is 0.246 e. The Kier molecular flexibility index (Phi) is 5.77. The van der Waals surface area contributed by atoms with Crippen LogP contribution in [0, 0.1) is 13.8 Å². The highest BCUT2D eigenvalue weighted by Crippen LogP contribution is 2.19. The monoisotopic (exact) mass is 345 g/mol. The van der Waals surface area contributed by atoms with Gasteiger partial charge in [-0.15, -0.1) is 0 Å². The first-order chi connectivity index (χ1) is 12.6. The minimum absolute atomic E-state index is 0.0860. The molecule has 0 spiro atoms. The molecule has 0 fully saturated rings. The molecule has 0 saturated heterocycles. The fraction of sp³-hybridized carbons (Fsp3) is 0.182. The van der Waals surface area contributed by atoms with Crippen molar-refractivity contribution in [3.05, 3.63) is 95.3 Å². The molecule has 1 unspecified atom stereocenters. The van der Waals surface area contributed by atoms with Gasteiger partial charge in [-0.2, -0.15) is 0 Å². The number of carbonyl (C=O) groups excluding carboxylic acids is 1. The molecular formula is C22H23N3O. The highest BCUT2D eigenvalue weighted by Gasteiger charge is 2.20. The molecule has 1 aromatic heterocycles. The summed E-state index contributed by atoms with van der Waals surface area (Å²) in [6, 6.07) is 21.1. The summed E-state index contributed by atoms with van der Waals surface area (Å²) in [6.45, 7) is 4.56.